The number of ketones is 1. The molecule has 5 nitrogen and oxygen atoms in total. The molecule has 30 heavy (non-hydrogen) atoms. The Kier molecular flexibility index (Phi) is 5.77. The van der Waals surface area contributed by atoms with E-state index in [2.05, 4.69) is 15.9 Å². The molecule has 1 atom stereocenters. The molecule has 0 radical (unpaired) electrons. The SMILES string of the molecule is Cc1cccc(OCCN2C(=O)C(O)(CC(=O)c3ccc(Br)s3)c3ccccc32)c1. The molecule has 1 aliphatic rings. The first-order valence-corrected chi connectivity index (χ1v) is 11.1. The molecule has 1 aliphatic heterocycles. The second-order valence-corrected chi connectivity index (χ2v) is 9.67. The lowest BCUT2D eigenvalue weighted by Crippen LogP contribution is -2.43. The van der Waals surface area contributed by atoms with E-state index in [1.54, 1.807) is 30.3 Å². The van der Waals surface area contributed by atoms with Gasteiger partial charge >= 0.3 is 0 Å². The number of hydrogen-bond acceptors (Lipinski definition) is 5. The van der Waals surface area contributed by atoms with Gasteiger partial charge in [0.25, 0.3) is 5.91 Å². The monoisotopic (exact) mass is 485 g/mol. The van der Waals surface area contributed by atoms with Crippen LogP contribution in [0.4, 0.5) is 5.69 Å². The highest BCUT2D eigenvalue weighted by atomic mass is 79.9. The van der Waals surface area contributed by atoms with Gasteiger partial charge in [-0.1, -0.05) is 30.3 Å². The first-order chi connectivity index (χ1) is 14.4. The fourth-order valence-electron chi connectivity index (χ4n) is 3.64. The molecule has 154 valence electrons. The van der Waals surface area contributed by atoms with E-state index in [0.29, 0.717) is 16.1 Å². The molecule has 3 aromatic rings. The molecule has 0 fully saturated rings. The molecule has 0 saturated heterocycles. The van der Waals surface area contributed by atoms with Crippen molar-refractivity contribution in [2.75, 3.05) is 18.1 Å². The summed E-state index contributed by atoms with van der Waals surface area (Å²) < 4.78 is 6.61. The first-order valence-electron chi connectivity index (χ1n) is 9.50. The van der Waals surface area contributed by atoms with Crippen molar-refractivity contribution in [3.8, 4) is 5.75 Å². The standard InChI is InChI=1S/C23H20BrNO4S/c1-15-5-4-6-16(13-15)29-12-11-25-18-8-3-2-7-17(18)23(28,22(25)27)14-19(26)20-9-10-21(24)30-20/h2-10,13,28H,11-12,14H2,1H3. The van der Waals surface area contributed by atoms with Gasteiger partial charge in [-0.05, 0) is 58.7 Å². The number of para-hydroxylation sites is 1. The second-order valence-electron chi connectivity index (χ2n) is 7.20. The molecule has 1 amide bonds. The van der Waals surface area contributed by atoms with Gasteiger partial charge in [0.15, 0.2) is 11.4 Å². The number of ether oxygens (including phenoxy) is 1. The number of Topliss-reactive ketones (excluding diaryl/α,β-unsaturated/α-hetero) is 1. The van der Waals surface area contributed by atoms with Crippen LogP contribution in [0.15, 0.2) is 64.5 Å². The van der Waals surface area contributed by atoms with Gasteiger partial charge in [0.2, 0.25) is 0 Å². The number of rotatable bonds is 7. The van der Waals surface area contributed by atoms with Crippen LogP contribution in [0.1, 0.15) is 27.2 Å². The topological polar surface area (TPSA) is 66.8 Å². The molecule has 4 rings (SSSR count). The van der Waals surface area contributed by atoms with E-state index in [0.717, 1.165) is 15.1 Å². The third-order valence-electron chi connectivity index (χ3n) is 5.08. The van der Waals surface area contributed by atoms with Crippen LogP contribution < -0.4 is 9.64 Å². The van der Waals surface area contributed by atoms with E-state index in [-0.39, 0.29) is 25.4 Å². The van der Waals surface area contributed by atoms with Gasteiger partial charge in [-0.15, -0.1) is 11.3 Å². The largest absolute Gasteiger partial charge is 0.492 e. The quantitative estimate of drug-likeness (QED) is 0.492. The summed E-state index contributed by atoms with van der Waals surface area (Å²) >= 11 is 4.63. The van der Waals surface area contributed by atoms with Crippen LogP contribution in [0.2, 0.25) is 0 Å². The zero-order valence-corrected chi connectivity index (χ0v) is 18.7. The van der Waals surface area contributed by atoms with Crippen LogP contribution in [0.3, 0.4) is 0 Å². The van der Waals surface area contributed by atoms with Crippen molar-refractivity contribution in [3.63, 3.8) is 0 Å². The van der Waals surface area contributed by atoms with Gasteiger partial charge in [-0.25, -0.2) is 0 Å². The average molecular weight is 486 g/mol. The summed E-state index contributed by atoms with van der Waals surface area (Å²) in [5, 5.41) is 11.3. The summed E-state index contributed by atoms with van der Waals surface area (Å²) in [5.74, 6) is -0.0432. The Balaban J connectivity index is 1.53. The van der Waals surface area contributed by atoms with Gasteiger partial charge in [0, 0.05) is 5.56 Å². The molecule has 0 aliphatic carbocycles. The molecular weight excluding hydrogens is 466 g/mol. The number of fused-ring (bicyclic) bond motifs is 1. The zero-order valence-electron chi connectivity index (χ0n) is 16.3. The molecule has 2 heterocycles. The number of halogens is 1. The molecule has 0 saturated carbocycles. The number of carbonyl (C=O) groups is 2. The van der Waals surface area contributed by atoms with E-state index < -0.39 is 11.5 Å². The van der Waals surface area contributed by atoms with Crippen LogP contribution in [0, 0.1) is 6.92 Å². The second kappa shape index (κ2) is 8.34. The Morgan fingerprint density at radius 1 is 1.17 bits per heavy atom. The number of hydrogen-bond donors (Lipinski definition) is 1. The van der Waals surface area contributed by atoms with Crippen LogP contribution in [0.25, 0.3) is 0 Å². The van der Waals surface area contributed by atoms with Crippen molar-refractivity contribution in [3.05, 3.63) is 80.5 Å². The highest BCUT2D eigenvalue weighted by Crippen LogP contribution is 2.43. The van der Waals surface area contributed by atoms with Crippen LogP contribution in [-0.4, -0.2) is 29.9 Å². The molecule has 1 unspecified atom stereocenters. The lowest BCUT2D eigenvalue weighted by atomic mass is 9.89. The van der Waals surface area contributed by atoms with E-state index in [1.165, 1.54) is 16.2 Å². The van der Waals surface area contributed by atoms with Crippen LogP contribution in [-0.2, 0) is 10.4 Å². The van der Waals surface area contributed by atoms with Gasteiger partial charge in [0.05, 0.1) is 27.3 Å². The van der Waals surface area contributed by atoms with Gasteiger partial charge in [-0.2, -0.15) is 0 Å². The van der Waals surface area contributed by atoms with Crippen molar-refractivity contribution in [2.24, 2.45) is 0 Å². The number of carbonyl (C=O) groups excluding carboxylic acids is 2. The van der Waals surface area contributed by atoms with E-state index in [1.807, 2.05) is 37.3 Å². The molecular formula is C23H20BrNO4S. The Labute approximate surface area is 187 Å². The Morgan fingerprint density at radius 2 is 1.97 bits per heavy atom. The van der Waals surface area contributed by atoms with E-state index >= 15 is 0 Å². The zero-order chi connectivity index (χ0) is 21.3. The normalized spacial score (nSPS) is 17.8. The fourth-order valence-corrected chi connectivity index (χ4v) is 4.97. The summed E-state index contributed by atoms with van der Waals surface area (Å²) in [7, 11) is 0. The predicted molar refractivity (Wildman–Crippen MR) is 120 cm³/mol. The Hall–Kier alpha value is -2.48. The Bertz CT molecular complexity index is 1110. The Morgan fingerprint density at radius 3 is 2.70 bits per heavy atom. The number of aliphatic hydroxyl groups is 1. The van der Waals surface area contributed by atoms with Gasteiger partial charge in [0.1, 0.15) is 12.4 Å². The minimum absolute atomic E-state index is 0.269. The summed E-state index contributed by atoms with van der Waals surface area (Å²) in [6.07, 6.45) is -0.301. The minimum Gasteiger partial charge on any atom is -0.492 e. The maximum absolute atomic E-state index is 13.2. The molecule has 0 bridgehead atoms. The molecule has 1 N–H and O–H groups in total. The van der Waals surface area contributed by atoms with Crippen molar-refractivity contribution < 1.29 is 19.4 Å². The maximum atomic E-state index is 13.2. The lowest BCUT2D eigenvalue weighted by molar-refractivity contribution is -0.135. The number of aryl methyl sites for hydroxylation is 1. The fraction of sp³-hybridized carbons (Fsp3) is 0.217. The highest BCUT2D eigenvalue weighted by Gasteiger charge is 2.50. The van der Waals surface area contributed by atoms with Crippen molar-refractivity contribution >= 4 is 44.6 Å². The summed E-state index contributed by atoms with van der Waals surface area (Å²) in [6.45, 7) is 2.52. The first kappa shape index (κ1) is 20.8. The van der Waals surface area contributed by atoms with Crippen LogP contribution in [0.5, 0.6) is 5.75 Å². The lowest BCUT2D eigenvalue weighted by Gasteiger charge is -2.22. The molecule has 0 spiro atoms. The smallest absolute Gasteiger partial charge is 0.264 e. The van der Waals surface area contributed by atoms with Crippen molar-refractivity contribution in [1.29, 1.82) is 0 Å². The predicted octanol–water partition coefficient (Wildman–Crippen LogP) is 4.71. The van der Waals surface area contributed by atoms with E-state index in [9.17, 15) is 14.7 Å². The number of nitrogens with zero attached hydrogens (tertiary/aromatic N) is 1. The highest BCUT2D eigenvalue weighted by molar-refractivity contribution is 9.11. The summed E-state index contributed by atoms with van der Waals surface area (Å²) in [4.78, 5) is 28.0. The summed E-state index contributed by atoms with van der Waals surface area (Å²) in [6, 6.07) is 18.2. The van der Waals surface area contributed by atoms with Gasteiger partial charge < -0.3 is 14.7 Å². The van der Waals surface area contributed by atoms with E-state index in [4.69, 9.17) is 4.74 Å². The molecule has 2 aromatic carbocycles. The van der Waals surface area contributed by atoms with Crippen LogP contribution >= 0.6 is 27.3 Å². The number of benzene rings is 2. The number of thiophene rings is 1. The summed E-state index contributed by atoms with van der Waals surface area (Å²) in [5.41, 5.74) is 0.267. The third-order valence-corrected chi connectivity index (χ3v) is 6.74. The molecule has 7 heteroatoms. The molecule has 1 aromatic heterocycles. The maximum Gasteiger partial charge on any atom is 0.264 e. The average Bonchev–Trinajstić information content (AvgIpc) is 3.24. The number of anilines is 1. The minimum atomic E-state index is -1.88. The van der Waals surface area contributed by atoms with Gasteiger partial charge in [-0.3, -0.25) is 9.59 Å². The third kappa shape index (κ3) is 3.93. The van der Waals surface area contributed by atoms with Crippen molar-refractivity contribution in [2.45, 2.75) is 18.9 Å². The van der Waals surface area contributed by atoms with Crippen molar-refractivity contribution in [1.82, 2.24) is 0 Å². The number of amides is 1.